The summed E-state index contributed by atoms with van der Waals surface area (Å²) < 4.78 is 73.7. The summed E-state index contributed by atoms with van der Waals surface area (Å²) in [5, 5.41) is 5.65. The van der Waals surface area contributed by atoms with Crippen LogP contribution in [0.15, 0.2) is 36.5 Å². The minimum atomic E-state index is -4.80. The molecule has 0 unspecified atom stereocenters. The van der Waals surface area contributed by atoms with Gasteiger partial charge in [0.05, 0.1) is 18.4 Å². The number of ether oxygens (including phenoxy) is 3. The van der Waals surface area contributed by atoms with E-state index in [1.165, 1.54) is 13.2 Å². The molecule has 0 aliphatic carbocycles. The number of nitrogens with zero attached hydrogens (tertiary/aromatic N) is 4. The molecule has 0 saturated carbocycles. The Kier molecular flexibility index (Phi) is 10.8. The Balaban J connectivity index is 1.32. The van der Waals surface area contributed by atoms with Crippen molar-refractivity contribution < 1.29 is 36.6 Å². The second-order valence-electron chi connectivity index (χ2n) is 12.1. The number of amides is 1. The minimum absolute atomic E-state index is 0.0150. The van der Waals surface area contributed by atoms with E-state index in [-0.39, 0.29) is 34.7 Å². The van der Waals surface area contributed by atoms with E-state index in [0.717, 1.165) is 63.6 Å². The summed E-state index contributed by atoms with van der Waals surface area (Å²) in [5.74, 6) is -2.16. The number of carbonyl (C=O) groups excluding carboxylic acids is 1. The van der Waals surface area contributed by atoms with E-state index in [4.69, 9.17) is 14.2 Å². The molecule has 1 amide bonds. The Morgan fingerprint density at radius 1 is 1.11 bits per heavy atom. The van der Waals surface area contributed by atoms with Gasteiger partial charge in [-0.2, -0.15) is 18.2 Å². The Hall–Kier alpha value is -4.01. The quantitative estimate of drug-likeness (QED) is 0.257. The molecule has 3 heterocycles. The summed E-state index contributed by atoms with van der Waals surface area (Å²) >= 11 is 0. The van der Waals surface area contributed by atoms with Crippen molar-refractivity contribution in [3.63, 3.8) is 0 Å². The second-order valence-corrected chi connectivity index (χ2v) is 12.1. The molecular weight excluding hydrogens is 620 g/mol. The van der Waals surface area contributed by atoms with E-state index in [2.05, 4.69) is 25.5 Å². The van der Waals surface area contributed by atoms with Crippen LogP contribution in [-0.4, -0.2) is 85.3 Å². The van der Waals surface area contributed by atoms with Crippen LogP contribution < -0.4 is 20.1 Å². The number of nitrogens with one attached hydrogen (secondary N) is 2. The SMILES string of the molecule is COc1cc(C(=O)NC2CCN(C3CCOCC3)CC2)c(F)cc1Nc1ncc(C(F)(F)F)c(Oc2cccc(CN(C)C)c2C)n1. The number of methoxy groups -OCH3 is 1. The summed E-state index contributed by atoms with van der Waals surface area (Å²) in [6, 6.07) is 7.76. The molecule has 2 aromatic carbocycles. The van der Waals surface area contributed by atoms with Crippen molar-refractivity contribution in [3.8, 4) is 17.4 Å². The van der Waals surface area contributed by atoms with Gasteiger partial charge in [-0.3, -0.25) is 4.79 Å². The maximum absolute atomic E-state index is 15.3. The van der Waals surface area contributed by atoms with Gasteiger partial charge in [-0.25, -0.2) is 9.37 Å². The van der Waals surface area contributed by atoms with E-state index in [9.17, 15) is 18.0 Å². The number of aromatic nitrogens is 2. The van der Waals surface area contributed by atoms with Gasteiger partial charge in [0.1, 0.15) is 22.9 Å². The van der Waals surface area contributed by atoms with Gasteiger partial charge in [0, 0.05) is 57.2 Å². The normalized spacial score (nSPS) is 16.7. The second kappa shape index (κ2) is 14.8. The first-order valence-corrected chi connectivity index (χ1v) is 15.6. The third kappa shape index (κ3) is 8.48. The smallest absolute Gasteiger partial charge is 0.423 e. The van der Waals surface area contributed by atoms with Crippen LogP contribution in [0.2, 0.25) is 0 Å². The Bertz CT molecular complexity index is 1560. The first kappa shape index (κ1) is 34.3. The number of anilines is 2. The highest BCUT2D eigenvalue weighted by molar-refractivity contribution is 5.96. The van der Waals surface area contributed by atoms with Crippen LogP contribution in [0.5, 0.6) is 17.4 Å². The van der Waals surface area contributed by atoms with Crippen LogP contribution >= 0.6 is 0 Å². The number of piperidine rings is 1. The van der Waals surface area contributed by atoms with Gasteiger partial charge in [-0.05, 0) is 70.0 Å². The number of hydrogen-bond donors (Lipinski definition) is 2. The number of halogens is 4. The fraction of sp³-hybridized carbons (Fsp3) is 0.485. The number of carbonyl (C=O) groups is 1. The van der Waals surface area contributed by atoms with Crippen molar-refractivity contribution >= 4 is 17.5 Å². The molecule has 0 radical (unpaired) electrons. The van der Waals surface area contributed by atoms with Crippen molar-refractivity contribution in [1.82, 2.24) is 25.1 Å². The molecule has 1 aromatic heterocycles. The van der Waals surface area contributed by atoms with Crippen LogP contribution in [0.4, 0.5) is 29.2 Å². The predicted molar refractivity (Wildman–Crippen MR) is 168 cm³/mol. The fourth-order valence-corrected chi connectivity index (χ4v) is 5.92. The molecule has 0 bridgehead atoms. The van der Waals surface area contributed by atoms with Crippen molar-refractivity contribution in [2.45, 2.75) is 57.4 Å². The van der Waals surface area contributed by atoms with Gasteiger partial charge < -0.3 is 34.6 Å². The molecule has 10 nitrogen and oxygen atoms in total. The van der Waals surface area contributed by atoms with Crippen LogP contribution in [0, 0.1) is 12.7 Å². The average Bonchev–Trinajstić information content (AvgIpc) is 3.03. The van der Waals surface area contributed by atoms with Crippen molar-refractivity contribution in [3.05, 3.63) is 64.6 Å². The number of hydrogen-bond acceptors (Lipinski definition) is 9. The maximum atomic E-state index is 15.3. The predicted octanol–water partition coefficient (Wildman–Crippen LogP) is 5.92. The molecular formula is C33H40F4N6O4. The Morgan fingerprint density at radius 2 is 1.83 bits per heavy atom. The number of alkyl halides is 3. The lowest BCUT2D eigenvalue weighted by atomic mass is 9.99. The van der Waals surface area contributed by atoms with E-state index < -0.39 is 29.3 Å². The number of likely N-dealkylation sites (tertiary alicyclic amines) is 1. The topological polar surface area (TPSA) is 101 Å². The molecule has 254 valence electrons. The van der Waals surface area contributed by atoms with Gasteiger partial charge in [-0.15, -0.1) is 0 Å². The monoisotopic (exact) mass is 660 g/mol. The molecule has 2 N–H and O–H groups in total. The standard InChI is InChI=1S/C33H40F4N6O4/c1-20-21(19-42(2)3)6-5-7-28(20)47-31-25(33(35,36)37)18-38-32(41-31)40-27-17-26(34)24(16-29(27)45-4)30(44)39-22-8-12-43(13-9-22)23-10-14-46-15-11-23/h5-7,16-18,22-23H,8-15,19H2,1-4H3,(H,39,44)(H,38,40,41). The number of benzene rings is 2. The first-order chi connectivity index (χ1) is 22.4. The zero-order valence-electron chi connectivity index (χ0n) is 26.9. The van der Waals surface area contributed by atoms with E-state index in [1.54, 1.807) is 19.1 Å². The zero-order valence-corrected chi connectivity index (χ0v) is 26.9. The Morgan fingerprint density at radius 3 is 2.49 bits per heavy atom. The van der Waals surface area contributed by atoms with Gasteiger partial charge in [-0.1, -0.05) is 12.1 Å². The van der Waals surface area contributed by atoms with E-state index in [1.807, 2.05) is 25.1 Å². The minimum Gasteiger partial charge on any atom is -0.495 e. The average molecular weight is 661 g/mol. The summed E-state index contributed by atoms with van der Waals surface area (Å²) in [4.78, 5) is 25.3. The lowest BCUT2D eigenvalue weighted by Gasteiger charge is -2.39. The summed E-state index contributed by atoms with van der Waals surface area (Å²) in [5.41, 5.74) is 0.151. The first-order valence-electron chi connectivity index (χ1n) is 15.6. The lowest BCUT2D eigenvalue weighted by Crippen LogP contribution is -2.49. The highest BCUT2D eigenvalue weighted by Gasteiger charge is 2.37. The highest BCUT2D eigenvalue weighted by Crippen LogP contribution is 2.39. The molecule has 0 spiro atoms. The summed E-state index contributed by atoms with van der Waals surface area (Å²) in [6.07, 6.45) is -0.712. The molecule has 47 heavy (non-hydrogen) atoms. The van der Waals surface area contributed by atoms with Crippen molar-refractivity contribution in [2.75, 3.05) is 52.8 Å². The van der Waals surface area contributed by atoms with E-state index >= 15 is 4.39 Å². The largest absolute Gasteiger partial charge is 0.495 e. The van der Waals surface area contributed by atoms with Crippen LogP contribution in [0.3, 0.4) is 0 Å². The zero-order chi connectivity index (χ0) is 33.7. The summed E-state index contributed by atoms with van der Waals surface area (Å²) in [6.45, 7) is 5.51. The maximum Gasteiger partial charge on any atom is 0.423 e. The van der Waals surface area contributed by atoms with Crippen molar-refractivity contribution in [2.24, 2.45) is 0 Å². The highest BCUT2D eigenvalue weighted by atomic mass is 19.4. The third-order valence-electron chi connectivity index (χ3n) is 8.50. The van der Waals surface area contributed by atoms with Crippen LogP contribution in [0.1, 0.15) is 52.7 Å². The summed E-state index contributed by atoms with van der Waals surface area (Å²) in [7, 11) is 5.09. The molecule has 2 aliphatic rings. The molecule has 14 heteroatoms. The van der Waals surface area contributed by atoms with Crippen molar-refractivity contribution in [1.29, 1.82) is 0 Å². The van der Waals surface area contributed by atoms with Crippen LogP contribution in [0.25, 0.3) is 0 Å². The lowest BCUT2D eigenvalue weighted by molar-refractivity contribution is -0.139. The molecule has 5 rings (SSSR count). The third-order valence-corrected chi connectivity index (χ3v) is 8.50. The fourth-order valence-electron chi connectivity index (χ4n) is 5.92. The van der Waals surface area contributed by atoms with Gasteiger partial charge in [0.25, 0.3) is 5.91 Å². The molecule has 0 atom stereocenters. The molecule has 2 aliphatic heterocycles. The van der Waals surface area contributed by atoms with Crippen LogP contribution in [-0.2, 0) is 17.5 Å². The number of rotatable bonds is 10. The van der Waals surface area contributed by atoms with Gasteiger partial charge in [0.2, 0.25) is 11.8 Å². The molecule has 3 aromatic rings. The van der Waals surface area contributed by atoms with Gasteiger partial charge >= 0.3 is 6.18 Å². The van der Waals surface area contributed by atoms with Gasteiger partial charge in [0.15, 0.2) is 0 Å². The molecule has 2 saturated heterocycles. The van der Waals surface area contributed by atoms with E-state index in [0.29, 0.717) is 24.3 Å². The molecule has 2 fully saturated rings. The Labute approximate surface area is 271 Å².